The van der Waals surface area contributed by atoms with E-state index in [9.17, 15) is 8.78 Å². The molecule has 0 aromatic rings. The van der Waals surface area contributed by atoms with Crippen LogP contribution in [0.1, 0.15) is 52.9 Å². The van der Waals surface area contributed by atoms with Crippen molar-refractivity contribution in [3.63, 3.8) is 0 Å². The van der Waals surface area contributed by atoms with Crippen LogP contribution in [0.4, 0.5) is 8.78 Å². The summed E-state index contributed by atoms with van der Waals surface area (Å²) in [6, 6.07) is 0. The molecular weight excluding hydrogens is 186 g/mol. The number of hydrogen-bond donors (Lipinski definition) is 0. The van der Waals surface area contributed by atoms with E-state index in [1.165, 1.54) is 6.42 Å². The van der Waals surface area contributed by atoms with Gasteiger partial charge in [0.25, 0.3) is 0 Å². The first kappa shape index (κ1) is 19.4. The third kappa shape index (κ3) is 11.8. The Bertz CT molecular complexity index is 79.4. The normalized spacial score (nSPS) is 25.3. The predicted octanol–water partition coefficient (Wildman–Crippen LogP) is 3.71. The molecule has 0 aromatic carbocycles. The standard InChI is InChI=1S/C8H15F.C2H6.CH3F.H2O/c1-7-3-2-4-8(9)6-5-7;2*1-2;/h7-8H,2-6H2,1H3;1-2H3;1H3;1H2/t7-,8?;;;/m1.../s1. The van der Waals surface area contributed by atoms with Gasteiger partial charge in [0.2, 0.25) is 0 Å². The highest BCUT2D eigenvalue weighted by Crippen LogP contribution is 2.23. The lowest BCUT2D eigenvalue weighted by Gasteiger charge is -2.03. The molecule has 14 heavy (non-hydrogen) atoms. The van der Waals surface area contributed by atoms with Gasteiger partial charge < -0.3 is 5.48 Å². The Morgan fingerprint density at radius 2 is 1.43 bits per heavy atom. The van der Waals surface area contributed by atoms with Crippen molar-refractivity contribution in [3.8, 4) is 0 Å². The van der Waals surface area contributed by atoms with Crippen molar-refractivity contribution in [1.82, 2.24) is 0 Å². The highest BCUT2D eigenvalue weighted by Gasteiger charge is 2.14. The van der Waals surface area contributed by atoms with E-state index in [0.29, 0.717) is 7.18 Å². The summed E-state index contributed by atoms with van der Waals surface area (Å²) in [4.78, 5) is 0. The maximum absolute atomic E-state index is 12.6. The monoisotopic (exact) mass is 212 g/mol. The lowest BCUT2D eigenvalue weighted by molar-refractivity contribution is 0.298. The highest BCUT2D eigenvalue weighted by atomic mass is 19.1. The van der Waals surface area contributed by atoms with Gasteiger partial charge in [0.05, 0.1) is 7.18 Å². The molecule has 0 spiro atoms. The summed E-state index contributed by atoms with van der Waals surface area (Å²) in [5, 5.41) is 0. The first-order valence-corrected chi connectivity index (χ1v) is 5.31. The second-order valence-corrected chi connectivity index (χ2v) is 3.21. The van der Waals surface area contributed by atoms with Gasteiger partial charge in [-0.05, 0) is 25.2 Å². The van der Waals surface area contributed by atoms with E-state index in [4.69, 9.17) is 0 Å². The highest BCUT2D eigenvalue weighted by molar-refractivity contribution is 4.66. The van der Waals surface area contributed by atoms with Gasteiger partial charge in [-0.25, -0.2) is 4.39 Å². The zero-order chi connectivity index (χ0) is 10.7. The van der Waals surface area contributed by atoms with E-state index in [1.54, 1.807) is 0 Å². The molecule has 1 fully saturated rings. The van der Waals surface area contributed by atoms with Gasteiger partial charge in [0, 0.05) is 0 Å². The Morgan fingerprint density at radius 3 is 1.93 bits per heavy atom. The molecule has 1 rings (SSSR count). The molecule has 0 bridgehead atoms. The molecule has 1 nitrogen and oxygen atoms in total. The summed E-state index contributed by atoms with van der Waals surface area (Å²) >= 11 is 0. The Balaban J connectivity index is -0.000000216. The van der Waals surface area contributed by atoms with Crippen LogP contribution in [-0.2, 0) is 0 Å². The molecule has 1 aliphatic carbocycles. The first-order chi connectivity index (χ1) is 6.29. The molecule has 0 saturated heterocycles. The minimum Gasteiger partial charge on any atom is -0.412 e. The van der Waals surface area contributed by atoms with E-state index in [2.05, 4.69) is 6.92 Å². The van der Waals surface area contributed by atoms with E-state index >= 15 is 0 Å². The number of hydrogen-bond acceptors (Lipinski definition) is 0. The maximum atomic E-state index is 12.6. The molecule has 0 amide bonds. The molecule has 1 aliphatic rings. The van der Waals surface area contributed by atoms with E-state index < -0.39 is 6.17 Å². The van der Waals surface area contributed by atoms with Crippen molar-refractivity contribution in [2.75, 3.05) is 7.18 Å². The van der Waals surface area contributed by atoms with Gasteiger partial charge >= 0.3 is 0 Å². The topological polar surface area (TPSA) is 31.5 Å². The summed E-state index contributed by atoms with van der Waals surface area (Å²) in [5.74, 6) is 0.769. The average molecular weight is 212 g/mol. The van der Waals surface area contributed by atoms with Crippen LogP contribution in [0.2, 0.25) is 0 Å². The molecule has 1 unspecified atom stereocenters. The molecule has 3 heteroatoms. The number of rotatable bonds is 0. The third-order valence-electron chi connectivity index (χ3n) is 2.19. The lowest BCUT2D eigenvalue weighted by Crippen LogP contribution is -1.96. The predicted molar refractivity (Wildman–Crippen MR) is 59.1 cm³/mol. The Labute approximate surface area is 87.2 Å². The van der Waals surface area contributed by atoms with Crippen LogP contribution in [0, 0.1) is 5.92 Å². The van der Waals surface area contributed by atoms with Crippen LogP contribution in [0.15, 0.2) is 0 Å². The van der Waals surface area contributed by atoms with Crippen molar-refractivity contribution < 1.29 is 14.3 Å². The molecule has 0 aromatic heterocycles. The number of halogens is 2. The summed E-state index contributed by atoms with van der Waals surface area (Å²) in [6.45, 7) is 6.22. The van der Waals surface area contributed by atoms with Crippen molar-refractivity contribution >= 4 is 0 Å². The molecule has 2 atom stereocenters. The quantitative estimate of drug-likeness (QED) is 0.548. The molecule has 90 valence electrons. The molecular formula is C11H26F2O. The SMILES string of the molecule is CC.CF.C[C@@H]1CCCC(F)CC1.O. The first-order valence-electron chi connectivity index (χ1n) is 5.31. The van der Waals surface area contributed by atoms with Crippen LogP contribution in [0.5, 0.6) is 0 Å². The summed E-state index contributed by atoms with van der Waals surface area (Å²) in [6.07, 6.45) is 4.56. The zero-order valence-electron chi connectivity index (χ0n) is 9.95. The van der Waals surface area contributed by atoms with Crippen molar-refractivity contribution in [2.45, 2.75) is 59.0 Å². The van der Waals surface area contributed by atoms with E-state index in [0.717, 1.165) is 31.6 Å². The van der Waals surface area contributed by atoms with Gasteiger partial charge in [0.1, 0.15) is 6.17 Å². The Morgan fingerprint density at radius 1 is 0.929 bits per heavy atom. The maximum Gasteiger partial charge on any atom is 0.100 e. The lowest BCUT2D eigenvalue weighted by atomic mass is 10.0. The van der Waals surface area contributed by atoms with Gasteiger partial charge in [-0.1, -0.05) is 33.6 Å². The molecule has 0 heterocycles. The summed E-state index contributed by atoms with van der Waals surface area (Å²) in [7, 11) is 0.500. The minimum absolute atomic E-state index is 0. The Kier molecular flexibility index (Phi) is 21.2. The fraction of sp³-hybridized carbons (Fsp3) is 1.00. The average Bonchev–Trinajstić information content (AvgIpc) is 2.38. The summed E-state index contributed by atoms with van der Waals surface area (Å²) < 4.78 is 22.1. The van der Waals surface area contributed by atoms with Crippen LogP contribution < -0.4 is 0 Å². The van der Waals surface area contributed by atoms with Crippen molar-refractivity contribution in [1.29, 1.82) is 0 Å². The zero-order valence-corrected chi connectivity index (χ0v) is 9.95. The molecule has 2 N–H and O–H groups in total. The van der Waals surface area contributed by atoms with Gasteiger partial charge in [-0.3, -0.25) is 4.39 Å². The smallest absolute Gasteiger partial charge is 0.100 e. The minimum atomic E-state index is -0.491. The van der Waals surface area contributed by atoms with Gasteiger partial charge in [-0.15, -0.1) is 0 Å². The van der Waals surface area contributed by atoms with E-state index in [-0.39, 0.29) is 5.48 Å². The fourth-order valence-electron chi connectivity index (χ4n) is 1.44. The van der Waals surface area contributed by atoms with Gasteiger partial charge in [-0.2, -0.15) is 0 Å². The second kappa shape index (κ2) is 15.3. The van der Waals surface area contributed by atoms with Crippen LogP contribution in [-0.4, -0.2) is 18.8 Å². The largest absolute Gasteiger partial charge is 0.412 e. The van der Waals surface area contributed by atoms with Crippen molar-refractivity contribution in [2.24, 2.45) is 5.92 Å². The fourth-order valence-corrected chi connectivity index (χ4v) is 1.44. The van der Waals surface area contributed by atoms with Crippen LogP contribution in [0.25, 0.3) is 0 Å². The third-order valence-corrected chi connectivity index (χ3v) is 2.19. The summed E-state index contributed by atoms with van der Waals surface area (Å²) in [5.41, 5.74) is 0. The Hall–Kier alpha value is -0.180. The molecule has 0 aliphatic heterocycles. The number of alkyl halides is 2. The van der Waals surface area contributed by atoms with Crippen LogP contribution in [0.3, 0.4) is 0 Å². The molecule has 1 saturated carbocycles. The second-order valence-electron chi connectivity index (χ2n) is 3.21. The van der Waals surface area contributed by atoms with Crippen molar-refractivity contribution in [3.05, 3.63) is 0 Å². The van der Waals surface area contributed by atoms with Crippen LogP contribution >= 0.6 is 0 Å². The van der Waals surface area contributed by atoms with Gasteiger partial charge in [0.15, 0.2) is 0 Å². The molecule has 0 radical (unpaired) electrons. The van der Waals surface area contributed by atoms with E-state index in [1.807, 2.05) is 13.8 Å².